The van der Waals surface area contributed by atoms with Crippen molar-refractivity contribution in [3.8, 4) is 0 Å². The Balaban J connectivity index is 2.71. The number of oxime groups is 1. The van der Waals surface area contributed by atoms with E-state index in [2.05, 4.69) is 19.4 Å². The second-order valence-corrected chi connectivity index (χ2v) is 3.00. The Morgan fingerprint density at radius 3 is 2.93 bits per heavy atom. The summed E-state index contributed by atoms with van der Waals surface area (Å²) in [6.07, 6.45) is 0.351. The molecule has 0 aliphatic heterocycles. The van der Waals surface area contributed by atoms with Crippen LogP contribution >= 0.6 is 11.5 Å². The van der Waals surface area contributed by atoms with Crippen molar-refractivity contribution in [3.05, 3.63) is 5.82 Å². The molecule has 0 aromatic carbocycles. The quantitative estimate of drug-likeness (QED) is 0.382. The van der Waals surface area contributed by atoms with Gasteiger partial charge in [0.2, 0.25) is 6.61 Å². The average Bonchev–Trinajstić information content (AvgIpc) is 2.59. The van der Waals surface area contributed by atoms with E-state index in [1.807, 2.05) is 0 Å². The number of carboxylic acid groups (broad SMARTS) is 1. The van der Waals surface area contributed by atoms with Crippen molar-refractivity contribution in [2.75, 3.05) is 12.3 Å². The lowest BCUT2D eigenvalue weighted by atomic mass is 10.4. The lowest BCUT2D eigenvalue weighted by Crippen LogP contribution is -2.09. The number of nitrogens with zero attached hydrogens (tertiary/aromatic N) is 3. The third-order valence-electron chi connectivity index (χ3n) is 1.13. The van der Waals surface area contributed by atoms with Crippen LogP contribution in [-0.2, 0) is 14.4 Å². The van der Waals surface area contributed by atoms with Gasteiger partial charge in [-0.25, -0.2) is 4.79 Å². The normalized spacial score (nSPS) is 11.1. The fourth-order valence-electron chi connectivity index (χ4n) is 0.611. The van der Waals surface area contributed by atoms with Crippen LogP contribution in [0.2, 0.25) is 0 Å². The molecule has 0 fully saturated rings. The highest BCUT2D eigenvalue weighted by atomic mass is 32.1. The topological polar surface area (TPSA) is 128 Å². The molecule has 0 radical (unpaired) electrons. The Morgan fingerprint density at radius 1 is 1.73 bits per heavy atom. The van der Waals surface area contributed by atoms with Crippen molar-refractivity contribution in [2.24, 2.45) is 5.16 Å². The molecule has 0 saturated carbocycles. The second kappa shape index (κ2) is 5.00. The Bertz CT molecular complexity index is 402. The molecule has 9 heteroatoms. The minimum absolute atomic E-state index is 0.0119. The molecule has 0 aliphatic carbocycles. The maximum Gasteiger partial charge on any atom is 0.344 e. The number of carbonyl (C=O) groups excluding carboxylic acids is 1. The number of carboxylic acids is 1. The largest absolute Gasteiger partial charge is 0.479 e. The molecule has 0 aliphatic rings. The van der Waals surface area contributed by atoms with Crippen LogP contribution in [0.25, 0.3) is 0 Å². The van der Waals surface area contributed by atoms with Gasteiger partial charge in [0.25, 0.3) is 0 Å². The first-order chi connectivity index (χ1) is 7.13. The Hall–Kier alpha value is -2.03. The van der Waals surface area contributed by atoms with Crippen molar-refractivity contribution < 1.29 is 19.5 Å². The molecule has 0 saturated heterocycles. The van der Waals surface area contributed by atoms with Crippen molar-refractivity contribution in [1.29, 1.82) is 0 Å². The number of aromatic nitrogens is 2. The molecule has 15 heavy (non-hydrogen) atoms. The predicted molar refractivity (Wildman–Crippen MR) is 50.5 cm³/mol. The summed E-state index contributed by atoms with van der Waals surface area (Å²) in [7, 11) is 0. The summed E-state index contributed by atoms with van der Waals surface area (Å²) in [6, 6.07) is 0. The van der Waals surface area contributed by atoms with E-state index < -0.39 is 12.6 Å². The minimum atomic E-state index is -1.20. The van der Waals surface area contributed by atoms with Crippen LogP contribution in [0.4, 0.5) is 5.13 Å². The highest BCUT2D eigenvalue weighted by Gasteiger charge is 2.09. The predicted octanol–water partition coefficient (Wildman–Crippen LogP) is -0.876. The number of aliphatic carboxylic acids is 1. The maximum absolute atomic E-state index is 10.5. The third-order valence-corrected chi connectivity index (χ3v) is 1.68. The number of anilines is 1. The summed E-state index contributed by atoms with van der Waals surface area (Å²) in [5.74, 6) is -1.19. The second-order valence-electron chi connectivity index (χ2n) is 2.22. The Morgan fingerprint density at radius 2 is 2.47 bits per heavy atom. The fourth-order valence-corrected chi connectivity index (χ4v) is 1.05. The highest BCUT2D eigenvalue weighted by molar-refractivity contribution is 7.09. The molecule has 1 aromatic rings. The van der Waals surface area contributed by atoms with Crippen LogP contribution in [0.3, 0.4) is 0 Å². The van der Waals surface area contributed by atoms with E-state index in [-0.39, 0.29) is 16.7 Å². The number of aldehydes is 1. The van der Waals surface area contributed by atoms with Crippen molar-refractivity contribution in [2.45, 2.75) is 0 Å². The van der Waals surface area contributed by atoms with E-state index in [0.29, 0.717) is 6.29 Å². The smallest absolute Gasteiger partial charge is 0.344 e. The van der Waals surface area contributed by atoms with E-state index in [0.717, 1.165) is 11.5 Å². The number of nitrogens with two attached hydrogens (primary N) is 1. The fraction of sp³-hybridized carbons (Fsp3) is 0.167. The van der Waals surface area contributed by atoms with Crippen molar-refractivity contribution in [1.82, 2.24) is 9.36 Å². The summed E-state index contributed by atoms with van der Waals surface area (Å²) >= 11 is 0.893. The molecule has 1 rings (SSSR count). The summed E-state index contributed by atoms with van der Waals surface area (Å²) in [5, 5.41) is 11.7. The van der Waals surface area contributed by atoms with Gasteiger partial charge in [-0.1, -0.05) is 5.16 Å². The monoisotopic (exact) mass is 230 g/mol. The molecular weight excluding hydrogens is 224 g/mol. The molecule has 1 aromatic heterocycles. The molecule has 0 amide bonds. The summed E-state index contributed by atoms with van der Waals surface area (Å²) in [5.41, 5.74) is 5.08. The SMILES string of the molecule is Nc1nc(/C(C=O)=N/OCC(=O)O)ns1. The van der Waals surface area contributed by atoms with Gasteiger partial charge in [0.05, 0.1) is 0 Å². The number of rotatable bonds is 5. The van der Waals surface area contributed by atoms with Crippen LogP contribution in [0.5, 0.6) is 0 Å². The summed E-state index contributed by atoms with van der Waals surface area (Å²) in [6.45, 7) is -0.642. The van der Waals surface area contributed by atoms with Gasteiger partial charge in [0, 0.05) is 11.5 Å². The van der Waals surface area contributed by atoms with Gasteiger partial charge >= 0.3 is 5.97 Å². The van der Waals surface area contributed by atoms with Crippen LogP contribution in [0, 0.1) is 0 Å². The molecule has 1 heterocycles. The van der Waals surface area contributed by atoms with Gasteiger partial charge in [-0.3, -0.25) is 4.79 Å². The highest BCUT2D eigenvalue weighted by Crippen LogP contribution is 2.05. The third kappa shape index (κ3) is 3.31. The lowest BCUT2D eigenvalue weighted by molar-refractivity contribution is -0.142. The first-order valence-electron chi connectivity index (χ1n) is 3.60. The maximum atomic E-state index is 10.5. The van der Waals surface area contributed by atoms with Gasteiger partial charge in [-0.05, 0) is 0 Å². The summed E-state index contributed by atoms with van der Waals surface area (Å²) in [4.78, 5) is 28.6. The van der Waals surface area contributed by atoms with Crippen molar-refractivity contribution >= 4 is 34.6 Å². The molecule has 3 N–H and O–H groups in total. The number of hydrogen-bond acceptors (Lipinski definition) is 8. The molecule has 0 atom stereocenters. The molecule has 8 nitrogen and oxygen atoms in total. The zero-order valence-electron chi connectivity index (χ0n) is 7.28. The van der Waals surface area contributed by atoms with Crippen LogP contribution < -0.4 is 5.73 Å². The lowest BCUT2D eigenvalue weighted by Gasteiger charge is -1.94. The van der Waals surface area contributed by atoms with E-state index in [9.17, 15) is 9.59 Å². The zero-order chi connectivity index (χ0) is 11.3. The van der Waals surface area contributed by atoms with Crippen molar-refractivity contribution in [3.63, 3.8) is 0 Å². The van der Waals surface area contributed by atoms with Crippen LogP contribution in [0.1, 0.15) is 5.82 Å². The van der Waals surface area contributed by atoms with E-state index in [1.54, 1.807) is 0 Å². The molecule has 0 unspecified atom stereocenters. The van der Waals surface area contributed by atoms with Gasteiger partial charge in [0.15, 0.2) is 23.0 Å². The molecular formula is C6H6N4O4S. The average molecular weight is 230 g/mol. The Kier molecular flexibility index (Phi) is 3.68. The number of nitrogen functional groups attached to an aromatic ring is 1. The standard InChI is InChI=1S/C6H6N4O4S/c7-6-8-5(10-15-6)3(1-11)9-14-2-4(12)13/h1H,2H2,(H,12,13)(H2,7,8,10)/b9-3+. The van der Waals surface area contributed by atoms with Gasteiger partial charge in [0.1, 0.15) is 0 Å². The first-order valence-corrected chi connectivity index (χ1v) is 4.37. The van der Waals surface area contributed by atoms with E-state index >= 15 is 0 Å². The zero-order valence-corrected chi connectivity index (χ0v) is 8.10. The van der Waals surface area contributed by atoms with Gasteiger partial charge < -0.3 is 15.7 Å². The number of carbonyl (C=O) groups is 2. The molecule has 80 valence electrons. The van der Waals surface area contributed by atoms with Crippen LogP contribution in [-0.4, -0.2) is 39.0 Å². The first kappa shape index (κ1) is 11.0. The number of hydrogen-bond donors (Lipinski definition) is 2. The van der Waals surface area contributed by atoms with Crippen LogP contribution in [0.15, 0.2) is 5.16 Å². The molecule has 0 bridgehead atoms. The van der Waals surface area contributed by atoms with Gasteiger partial charge in [-0.2, -0.15) is 9.36 Å². The molecule has 0 spiro atoms. The Labute approximate surface area is 87.5 Å². The minimum Gasteiger partial charge on any atom is -0.479 e. The van der Waals surface area contributed by atoms with Gasteiger partial charge in [-0.15, -0.1) is 0 Å². The van der Waals surface area contributed by atoms with E-state index in [1.165, 1.54) is 0 Å². The van der Waals surface area contributed by atoms with E-state index in [4.69, 9.17) is 10.8 Å². The summed E-state index contributed by atoms with van der Waals surface area (Å²) < 4.78 is 3.70.